The number of hydrogen-bond acceptors (Lipinski definition) is 0. The SMILES string of the molecule is Cc1c(C)c(C)[c-](C)c1C.[Hf]. The summed E-state index contributed by atoms with van der Waals surface area (Å²) in [7, 11) is 0. The first kappa shape index (κ1) is 11.2. The smallest absolute Gasteiger partial charge is 0 e. The van der Waals surface area contributed by atoms with E-state index in [-0.39, 0.29) is 25.8 Å². The van der Waals surface area contributed by atoms with E-state index in [2.05, 4.69) is 34.6 Å². The predicted molar refractivity (Wildman–Crippen MR) is 45.7 cm³/mol. The first-order valence-corrected chi connectivity index (χ1v) is 3.75. The van der Waals surface area contributed by atoms with Gasteiger partial charge >= 0.3 is 0 Å². The van der Waals surface area contributed by atoms with Gasteiger partial charge in [0.05, 0.1) is 0 Å². The summed E-state index contributed by atoms with van der Waals surface area (Å²) in [5.74, 6) is 0. The van der Waals surface area contributed by atoms with Gasteiger partial charge in [0.2, 0.25) is 0 Å². The second kappa shape index (κ2) is 3.75. The van der Waals surface area contributed by atoms with E-state index >= 15 is 0 Å². The molecule has 0 bridgehead atoms. The van der Waals surface area contributed by atoms with Crippen LogP contribution in [0.3, 0.4) is 0 Å². The summed E-state index contributed by atoms with van der Waals surface area (Å²) in [6, 6.07) is 0. The van der Waals surface area contributed by atoms with Crippen LogP contribution in [-0.4, -0.2) is 0 Å². The van der Waals surface area contributed by atoms with Crippen LogP contribution in [-0.2, 0) is 25.8 Å². The Morgan fingerprint density at radius 1 is 0.818 bits per heavy atom. The fourth-order valence-corrected chi connectivity index (χ4v) is 1.41. The Balaban J connectivity index is 0.000001000. The first-order chi connectivity index (χ1) is 4.55. The Bertz CT molecular complexity index is 176. The number of rotatable bonds is 0. The van der Waals surface area contributed by atoms with Crippen LogP contribution in [0.2, 0.25) is 0 Å². The molecule has 0 aliphatic carbocycles. The normalized spacial score (nSPS) is 9.55. The van der Waals surface area contributed by atoms with Crippen molar-refractivity contribution in [3.8, 4) is 0 Å². The molecular formula is C10H15Hf-. The largest absolute Gasteiger partial charge is 0.196 e. The summed E-state index contributed by atoms with van der Waals surface area (Å²) in [4.78, 5) is 0. The molecule has 0 N–H and O–H groups in total. The molecule has 0 fully saturated rings. The van der Waals surface area contributed by atoms with Gasteiger partial charge in [-0.25, -0.2) is 0 Å². The molecule has 1 heteroatoms. The van der Waals surface area contributed by atoms with E-state index in [1.54, 1.807) is 0 Å². The maximum atomic E-state index is 2.20. The van der Waals surface area contributed by atoms with Gasteiger partial charge in [-0.15, -0.1) is 0 Å². The first-order valence-electron chi connectivity index (χ1n) is 3.75. The molecule has 0 radical (unpaired) electrons. The molecule has 11 heavy (non-hydrogen) atoms. The Morgan fingerprint density at radius 2 is 1.09 bits per heavy atom. The summed E-state index contributed by atoms with van der Waals surface area (Å²) in [5.41, 5.74) is 7.34. The van der Waals surface area contributed by atoms with E-state index in [1.807, 2.05) is 0 Å². The zero-order chi connectivity index (χ0) is 7.89. The quantitative estimate of drug-likeness (QED) is 0.510. The summed E-state index contributed by atoms with van der Waals surface area (Å²) in [6.07, 6.45) is 0. The molecule has 60 valence electrons. The molecule has 0 amide bonds. The Hall–Kier alpha value is 0.220. The molecule has 0 heterocycles. The molecule has 0 atom stereocenters. The third kappa shape index (κ3) is 1.69. The van der Waals surface area contributed by atoms with Crippen molar-refractivity contribution in [2.24, 2.45) is 0 Å². The molecule has 0 aliphatic heterocycles. The van der Waals surface area contributed by atoms with E-state index in [4.69, 9.17) is 0 Å². The third-order valence-corrected chi connectivity index (χ3v) is 2.81. The van der Waals surface area contributed by atoms with Gasteiger partial charge in [0.15, 0.2) is 0 Å². The van der Waals surface area contributed by atoms with Crippen molar-refractivity contribution in [1.29, 1.82) is 0 Å². The van der Waals surface area contributed by atoms with Gasteiger partial charge in [0.1, 0.15) is 0 Å². The van der Waals surface area contributed by atoms with Crippen LogP contribution in [0.25, 0.3) is 0 Å². The summed E-state index contributed by atoms with van der Waals surface area (Å²) in [6.45, 7) is 11.0. The second-order valence-corrected chi connectivity index (χ2v) is 3.12. The van der Waals surface area contributed by atoms with E-state index in [9.17, 15) is 0 Å². The molecule has 0 aromatic heterocycles. The van der Waals surface area contributed by atoms with Crippen molar-refractivity contribution in [1.82, 2.24) is 0 Å². The van der Waals surface area contributed by atoms with Gasteiger partial charge in [-0.1, -0.05) is 34.6 Å². The minimum absolute atomic E-state index is 0. The predicted octanol–water partition coefficient (Wildman–Crippen LogP) is 2.95. The third-order valence-electron chi connectivity index (χ3n) is 2.81. The monoisotopic (exact) mass is 315 g/mol. The summed E-state index contributed by atoms with van der Waals surface area (Å²) in [5, 5.41) is 0. The average Bonchev–Trinajstić information content (AvgIpc) is 2.07. The minimum Gasteiger partial charge on any atom is -0.196 e. The molecule has 1 rings (SSSR count). The Kier molecular flexibility index (Phi) is 3.83. The maximum Gasteiger partial charge on any atom is 0 e. The van der Waals surface area contributed by atoms with Gasteiger partial charge in [0, 0.05) is 25.8 Å². The van der Waals surface area contributed by atoms with E-state index in [0.29, 0.717) is 0 Å². The fraction of sp³-hybridized carbons (Fsp3) is 0.500. The molecule has 1 aromatic rings. The summed E-state index contributed by atoms with van der Waals surface area (Å²) < 4.78 is 0. The van der Waals surface area contributed by atoms with Crippen LogP contribution in [0.5, 0.6) is 0 Å². The van der Waals surface area contributed by atoms with Crippen molar-refractivity contribution < 1.29 is 25.8 Å². The molecule has 0 aliphatic rings. The number of hydrogen-bond donors (Lipinski definition) is 0. The Labute approximate surface area is 88.2 Å². The second-order valence-electron chi connectivity index (χ2n) is 3.12. The van der Waals surface area contributed by atoms with Crippen LogP contribution in [0, 0.1) is 34.6 Å². The van der Waals surface area contributed by atoms with Gasteiger partial charge in [-0.3, -0.25) is 0 Å². The van der Waals surface area contributed by atoms with Gasteiger partial charge in [0.25, 0.3) is 0 Å². The van der Waals surface area contributed by atoms with Crippen molar-refractivity contribution in [2.45, 2.75) is 34.6 Å². The van der Waals surface area contributed by atoms with E-state index in [1.165, 1.54) is 27.8 Å². The molecule has 0 saturated carbocycles. The molecule has 0 saturated heterocycles. The van der Waals surface area contributed by atoms with Gasteiger partial charge in [-0.05, 0) is 0 Å². The van der Waals surface area contributed by atoms with Gasteiger partial charge in [-0.2, -0.15) is 27.8 Å². The molecular weight excluding hydrogens is 299 g/mol. The van der Waals surface area contributed by atoms with Crippen molar-refractivity contribution in [3.05, 3.63) is 27.8 Å². The van der Waals surface area contributed by atoms with Crippen LogP contribution >= 0.6 is 0 Å². The van der Waals surface area contributed by atoms with Crippen LogP contribution < -0.4 is 0 Å². The average molecular weight is 314 g/mol. The maximum absolute atomic E-state index is 2.20. The zero-order valence-electron chi connectivity index (χ0n) is 8.00. The van der Waals surface area contributed by atoms with Crippen LogP contribution in [0.15, 0.2) is 0 Å². The topological polar surface area (TPSA) is 0 Å². The fourth-order valence-electron chi connectivity index (χ4n) is 1.41. The van der Waals surface area contributed by atoms with E-state index < -0.39 is 0 Å². The molecule has 0 unspecified atom stereocenters. The van der Waals surface area contributed by atoms with E-state index in [0.717, 1.165) is 0 Å². The molecule has 0 nitrogen and oxygen atoms in total. The standard InChI is InChI=1S/C10H15.Hf/c1-6-7(2)9(4)10(5)8(6)3;/h1-5H3;/q-1;. The zero-order valence-corrected chi connectivity index (χ0v) is 11.6. The Morgan fingerprint density at radius 3 is 1.18 bits per heavy atom. The van der Waals surface area contributed by atoms with Crippen molar-refractivity contribution in [3.63, 3.8) is 0 Å². The van der Waals surface area contributed by atoms with Crippen LogP contribution in [0.4, 0.5) is 0 Å². The molecule has 1 aromatic carbocycles. The minimum atomic E-state index is 0. The van der Waals surface area contributed by atoms with Crippen molar-refractivity contribution in [2.75, 3.05) is 0 Å². The van der Waals surface area contributed by atoms with Crippen LogP contribution in [0.1, 0.15) is 27.8 Å². The van der Waals surface area contributed by atoms with Crippen molar-refractivity contribution >= 4 is 0 Å². The van der Waals surface area contributed by atoms with Gasteiger partial charge < -0.3 is 0 Å². The molecule has 0 spiro atoms. The summed E-state index contributed by atoms with van der Waals surface area (Å²) >= 11 is 0.